The number of nitro benzene ring substituents is 1. The average Bonchev–Trinajstić information content (AvgIpc) is 2.46. The quantitative estimate of drug-likeness (QED) is 0.471. The lowest BCUT2D eigenvalue weighted by atomic mass is 10.1. The molecule has 0 aliphatic rings. The van der Waals surface area contributed by atoms with Crippen LogP contribution in [0.15, 0.2) is 42.5 Å². The summed E-state index contributed by atoms with van der Waals surface area (Å²) in [5.74, 6) is 0. The molecule has 0 radical (unpaired) electrons. The fraction of sp³-hybridized carbons (Fsp3) is 0.143. The van der Waals surface area contributed by atoms with Crippen molar-refractivity contribution < 1.29 is 10.0 Å². The van der Waals surface area contributed by atoms with Crippen molar-refractivity contribution >= 4 is 34.0 Å². The van der Waals surface area contributed by atoms with E-state index in [9.17, 15) is 10.1 Å². The van der Waals surface area contributed by atoms with Crippen molar-refractivity contribution in [3.8, 4) is 0 Å². The summed E-state index contributed by atoms with van der Waals surface area (Å²) in [5, 5.41) is 23.0. The van der Waals surface area contributed by atoms with E-state index in [2.05, 4.69) is 27.9 Å². The highest BCUT2D eigenvalue weighted by Gasteiger charge is 2.08. The molecular formula is C14H13IN2O3. The standard InChI is InChI=1S/C14H13IN2O3/c15-13-7-12(17(19)20)4-5-14(13)16-8-10-2-1-3-11(6-10)9-18/h1-7,16,18H,8-9H2. The van der Waals surface area contributed by atoms with Crippen LogP contribution < -0.4 is 5.32 Å². The maximum Gasteiger partial charge on any atom is 0.270 e. The third-order valence-electron chi connectivity index (χ3n) is 2.82. The highest BCUT2D eigenvalue weighted by atomic mass is 127. The van der Waals surface area contributed by atoms with Gasteiger partial charge >= 0.3 is 0 Å². The van der Waals surface area contributed by atoms with Gasteiger partial charge in [0.15, 0.2) is 0 Å². The fourth-order valence-electron chi connectivity index (χ4n) is 1.80. The largest absolute Gasteiger partial charge is 0.392 e. The van der Waals surface area contributed by atoms with Crippen molar-refractivity contribution in [1.29, 1.82) is 0 Å². The van der Waals surface area contributed by atoms with Crippen molar-refractivity contribution in [2.75, 3.05) is 5.32 Å². The molecule has 0 fully saturated rings. The van der Waals surface area contributed by atoms with E-state index in [0.29, 0.717) is 6.54 Å². The van der Waals surface area contributed by atoms with Crippen molar-refractivity contribution in [2.24, 2.45) is 0 Å². The van der Waals surface area contributed by atoms with Gasteiger partial charge < -0.3 is 10.4 Å². The second kappa shape index (κ2) is 6.67. The predicted octanol–water partition coefficient (Wildman–Crippen LogP) is 3.30. The Morgan fingerprint density at radius 2 is 1.95 bits per heavy atom. The maximum atomic E-state index is 10.7. The number of rotatable bonds is 5. The third-order valence-corrected chi connectivity index (χ3v) is 3.71. The number of halogens is 1. The topological polar surface area (TPSA) is 75.4 Å². The minimum atomic E-state index is -0.406. The lowest BCUT2D eigenvalue weighted by molar-refractivity contribution is -0.384. The van der Waals surface area contributed by atoms with Gasteiger partial charge in [0.1, 0.15) is 0 Å². The highest BCUT2D eigenvalue weighted by Crippen LogP contribution is 2.24. The Kier molecular flexibility index (Phi) is 4.91. The first kappa shape index (κ1) is 14.7. The fourth-order valence-corrected chi connectivity index (χ4v) is 2.49. The summed E-state index contributed by atoms with van der Waals surface area (Å²) in [6.45, 7) is 0.616. The molecule has 0 spiro atoms. The van der Waals surface area contributed by atoms with Crippen LogP contribution in [0, 0.1) is 13.7 Å². The monoisotopic (exact) mass is 384 g/mol. The zero-order valence-electron chi connectivity index (χ0n) is 10.5. The Morgan fingerprint density at radius 1 is 1.20 bits per heavy atom. The first-order valence-electron chi connectivity index (χ1n) is 5.96. The lowest BCUT2D eigenvalue weighted by Gasteiger charge is -2.09. The average molecular weight is 384 g/mol. The van der Waals surface area contributed by atoms with Gasteiger partial charge in [0, 0.05) is 27.9 Å². The summed E-state index contributed by atoms with van der Waals surface area (Å²) in [6, 6.07) is 12.4. The molecular weight excluding hydrogens is 371 g/mol. The van der Waals surface area contributed by atoms with E-state index < -0.39 is 4.92 Å². The number of hydrogen-bond acceptors (Lipinski definition) is 4. The molecule has 104 valence electrons. The molecule has 6 heteroatoms. The number of hydrogen-bond donors (Lipinski definition) is 2. The number of aliphatic hydroxyl groups excluding tert-OH is 1. The maximum absolute atomic E-state index is 10.7. The molecule has 0 saturated heterocycles. The number of anilines is 1. The summed E-state index contributed by atoms with van der Waals surface area (Å²) >= 11 is 2.07. The van der Waals surface area contributed by atoms with Crippen molar-refractivity contribution in [1.82, 2.24) is 0 Å². The number of non-ortho nitro benzene ring substituents is 1. The Balaban J connectivity index is 2.08. The predicted molar refractivity (Wildman–Crippen MR) is 85.5 cm³/mol. The Labute approximate surface area is 129 Å². The number of benzene rings is 2. The van der Waals surface area contributed by atoms with Crippen molar-refractivity contribution in [3.05, 3.63) is 67.3 Å². The molecule has 0 bridgehead atoms. The van der Waals surface area contributed by atoms with Crippen LogP contribution in [0.2, 0.25) is 0 Å². The zero-order chi connectivity index (χ0) is 14.5. The molecule has 0 aromatic heterocycles. The minimum Gasteiger partial charge on any atom is -0.392 e. The molecule has 0 amide bonds. The van der Waals surface area contributed by atoms with E-state index in [1.807, 2.05) is 24.3 Å². The molecule has 0 heterocycles. The molecule has 2 rings (SSSR count). The van der Waals surface area contributed by atoms with Gasteiger partial charge in [-0.1, -0.05) is 24.3 Å². The van der Waals surface area contributed by atoms with E-state index in [-0.39, 0.29) is 12.3 Å². The Hall–Kier alpha value is -1.67. The smallest absolute Gasteiger partial charge is 0.270 e. The SMILES string of the molecule is O=[N+]([O-])c1ccc(NCc2cccc(CO)c2)c(I)c1. The van der Waals surface area contributed by atoms with E-state index >= 15 is 0 Å². The summed E-state index contributed by atoms with van der Waals surface area (Å²) in [4.78, 5) is 10.3. The van der Waals surface area contributed by atoms with Crippen molar-refractivity contribution in [3.63, 3.8) is 0 Å². The molecule has 2 aromatic rings. The Morgan fingerprint density at radius 3 is 2.60 bits per heavy atom. The van der Waals surface area contributed by atoms with E-state index in [0.717, 1.165) is 20.4 Å². The number of aliphatic hydroxyl groups is 1. The van der Waals surface area contributed by atoms with Crippen LogP contribution in [-0.2, 0) is 13.2 Å². The number of nitrogens with one attached hydrogen (secondary N) is 1. The first-order valence-corrected chi connectivity index (χ1v) is 7.04. The summed E-state index contributed by atoms with van der Waals surface area (Å²) in [7, 11) is 0. The van der Waals surface area contributed by atoms with Crippen molar-refractivity contribution in [2.45, 2.75) is 13.2 Å². The van der Waals surface area contributed by atoms with Gasteiger partial charge in [-0.2, -0.15) is 0 Å². The van der Waals surface area contributed by atoms with Crippen LogP contribution in [0.3, 0.4) is 0 Å². The van der Waals surface area contributed by atoms with Gasteiger partial charge in [0.2, 0.25) is 0 Å². The number of nitro groups is 1. The third kappa shape index (κ3) is 3.67. The van der Waals surface area contributed by atoms with E-state index in [1.165, 1.54) is 12.1 Å². The molecule has 2 N–H and O–H groups in total. The van der Waals surface area contributed by atoms with Crippen LogP contribution in [0.5, 0.6) is 0 Å². The molecule has 0 unspecified atom stereocenters. The zero-order valence-corrected chi connectivity index (χ0v) is 12.7. The van der Waals surface area contributed by atoms with Gasteiger partial charge in [-0.3, -0.25) is 10.1 Å². The summed E-state index contributed by atoms with van der Waals surface area (Å²) in [5.41, 5.74) is 2.85. The van der Waals surface area contributed by atoms with Crippen LogP contribution >= 0.6 is 22.6 Å². The van der Waals surface area contributed by atoms with Crippen LogP contribution in [0.25, 0.3) is 0 Å². The van der Waals surface area contributed by atoms with E-state index in [1.54, 1.807) is 6.07 Å². The molecule has 20 heavy (non-hydrogen) atoms. The first-order chi connectivity index (χ1) is 9.60. The van der Waals surface area contributed by atoms with E-state index in [4.69, 9.17) is 5.11 Å². The second-order valence-corrected chi connectivity index (χ2v) is 5.42. The molecule has 0 aliphatic heterocycles. The summed E-state index contributed by atoms with van der Waals surface area (Å²) in [6.07, 6.45) is 0. The van der Waals surface area contributed by atoms with Gasteiger partial charge in [0.25, 0.3) is 5.69 Å². The second-order valence-electron chi connectivity index (χ2n) is 4.25. The van der Waals surface area contributed by atoms with Crippen LogP contribution in [0.1, 0.15) is 11.1 Å². The molecule has 0 atom stereocenters. The van der Waals surface area contributed by atoms with Gasteiger partial charge in [0.05, 0.1) is 11.5 Å². The normalized spacial score (nSPS) is 10.3. The van der Waals surface area contributed by atoms with Gasteiger partial charge in [-0.05, 0) is 39.8 Å². The minimum absolute atomic E-state index is 0.0168. The molecule has 2 aromatic carbocycles. The number of nitrogens with zero attached hydrogens (tertiary/aromatic N) is 1. The Bertz CT molecular complexity index is 632. The lowest BCUT2D eigenvalue weighted by Crippen LogP contribution is -2.02. The van der Waals surface area contributed by atoms with Gasteiger partial charge in [-0.15, -0.1) is 0 Å². The van der Waals surface area contributed by atoms with Crippen LogP contribution in [-0.4, -0.2) is 10.0 Å². The molecule has 0 saturated carbocycles. The van der Waals surface area contributed by atoms with Gasteiger partial charge in [-0.25, -0.2) is 0 Å². The highest BCUT2D eigenvalue weighted by molar-refractivity contribution is 14.1. The molecule has 5 nitrogen and oxygen atoms in total. The van der Waals surface area contributed by atoms with Crippen LogP contribution in [0.4, 0.5) is 11.4 Å². The molecule has 0 aliphatic carbocycles. The summed E-state index contributed by atoms with van der Waals surface area (Å²) < 4.78 is 0.801.